The molecule has 9 heteroatoms. The Kier molecular flexibility index (Phi) is 4.05. The highest BCUT2D eigenvalue weighted by molar-refractivity contribution is 6.34. The summed E-state index contributed by atoms with van der Waals surface area (Å²) in [6.07, 6.45) is 7.91. The van der Waals surface area contributed by atoms with Crippen LogP contribution in [0.5, 0.6) is 0 Å². The average molecular weight is 451 g/mol. The Morgan fingerprint density at radius 3 is 2.72 bits per heavy atom. The number of imidazole rings is 1. The molecule has 1 aromatic carbocycles. The third kappa shape index (κ3) is 2.85. The Bertz CT molecular complexity index is 1220. The van der Waals surface area contributed by atoms with Crippen LogP contribution in [0.3, 0.4) is 0 Å². The standard InChI is InChI=1S/C23H23ClN6O2/c24-14-2-1-3-15-18(14)23(31)29-9-8-16(29)21-20(26-11-30(15)21)22-27-17(28-32-22)10-25-19(12-4-5-12)13-6-7-13/h1-3,11-13,16,19,25H,4-10H2/t16-/m0/s1. The first-order valence-corrected chi connectivity index (χ1v) is 11.8. The van der Waals surface area contributed by atoms with Crippen molar-refractivity contribution >= 4 is 17.5 Å². The molecule has 3 fully saturated rings. The second-order valence-electron chi connectivity index (χ2n) is 9.38. The fourth-order valence-corrected chi connectivity index (χ4v) is 5.53. The number of benzene rings is 1. The van der Waals surface area contributed by atoms with Crippen molar-refractivity contribution in [1.82, 2.24) is 29.9 Å². The highest BCUT2D eigenvalue weighted by Crippen LogP contribution is 2.45. The van der Waals surface area contributed by atoms with Crippen molar-refractivity contribution < 1.29 is 9.32 Å². The summed E-state index contributed by atoms with van der Waals surface area (Å²) in [5, 5.41) is 8.33. The second-order valence-corrected chi connectivity index (χ2v) is 9.79. The molecule has 0 bridgehead atoms. The summed E-state index contributed by atoms with van der Waals surface area (Å²) in [5.74, 6) is 2.62. The molecule has 7 rings (SSSR count). The van der Waals surface area contributed by atoms with Gasteiger partial charge in [0.05, 0.1) is 34.6 Å². The summed E-state index contributed by atoms with van der Waals surface area (Å²) in [6.45, 7) is 1.30. The van der Waals surface area contributed by atoms with E-state index in [1.54, 1.807) is 12.4 Å². The number of rotatable bonds is 6. The lowest BCUT2D eigenvalue weighted by Crippen LogP contribution is -2.44. The van der Waals surface area contributed by atoms with Crippen LogP contribution in [0.2, 0.25) is 5.02 Å². The van der Waals surface area contributed by atoms with Crippen LogP contribution >= 0.6 is 11.6 Å². The molecule has 1 atom stereocenters. The largest absolute Gasteiger partial charge is 0.332 e. The number of halogens is 1. The lowest BCUT2D eigenvalue weighted by Gasteiger charge is -2.39. The van der Waals surface area contributed by atoms with Crippen molar-refractivity contribution in [3.05, 3.63) is 46.6 Å². The van der Waals surface area contributed by atoms with Gasteiger partial charge in [0, 0.05) is 12.6 Å². The first-order valence-electron chi connectivity index (χ1n) is 11.4. The number of hydrogen-bond acceptors (Lipinski definition) is 6. The highest BCUT2D eigenvalue weighted by Gasteiger charge is 2.43. The topological polar surface area (TPSA) is 89.1 Å². The maximum Gasteiger partial charge on any atom is 0.278 e. The summed E-state index contributed by atoms with van der Waals surface area (Å²) in [4.78, 5) is 24.3. The number of carbonyl (C=O) groups excluding carboxylic acids is 1. The minimum Gasteiger partial charge on any atom is -0.332 e. The van der Waals surface area contributed by atoms with Crippen molar-refractivity contribution in [3.8, 4) is 17.3 Å². The fourth-order valence-electron chi connectivity index (χ4n) is 5.28. The van der Waals surface area contributed by atoms with E-state index in [-0.39, 0.29) is 11.9 Å². The van der Waals surface area contributed by atoms with E-state index in [0.717, 1.165) is 29.6 Å². The maximum atomic E-state index is 13.2. The van der Waals surface area contributed by atoms with Crippen LogP contribution in [0.15, 0.2) is 29.0 Å². The molecule has 4 heterocycles. The van der Waals surface area contributed by atoms with E-state index in [4.69, 9.17) is 16.1 Å². The predicted octanol–water partition coefficient (Wildman–Crippen LogP) is 3.75. The molecule has 1 N–H and O–H groups in total. The van der Waals surface area contributed by atoms with Gasteiger partial charge < -0.3 is 14.7 Å². The Morgan fingerprint density at radius 1 is 1.19 bits per heavy atom. The fraction of sp³-hybridized carbons (Fsp3) is 0.478. The van der Waals surface area contributed by atoms with E-state index in [1.165, 1.54) is 25.7 Å². The quantitative estimate of drug-likeness (QED) is 0.615. The molecule has 3 aromatic rings. The van der Waals surface area contributed by atoms with Gasteiger partial charge in [-0.15, -0.1) is 0 Å². The van der Waals surface area contributed by atoms with Crippen LogP contribution in [0.25, 0.3) is 17.3 Å². The smallest absolute Gasteiger partial charge is 0.278 e. The zero-order chi connectivity index (χ0) is 21.4. The monoisotopic (exact) mass is 450 g/mol. The van der Waals surface area contributed by atoms with E-state index < -0.39 is 0 Å². The summed E-state index contributed by atoms with van der Waals surface area (Å²) < 4.78 is 7.60. The van der Waals surface area contributed by atoms with Crippen LogP contribution in [0.4, 0.5) is 0 Å². The first-order chi connectivity index (χ1) is 15.7. The number of fused-ring (bicyclic) bond motifs is 5. The molecule has 4 aliphatic rings. The molecule has 1 saturated heterocycles. The Labute approximate surface area is 189 Å². The molecule has 164 valence electrons. The van der Waals surface area contributed by atoms with E-state index in [0.29, 0.717) is 47.1 Å². The number of nitrogens with zero attached hydrogens (tertiary/aromatic N) is 5. The van der Waals surface area contributed by atoms with Gasteiger partial charge in [0.2, 0.25) is 0 Å². The van der Waals surface area contributed by atoms with Crippen molar-refractivity contribution in [3.63, 3.8) is 0 Å². The molecular formula is C23H23ClN6O2. The molecule has 1 amide bonds. The van der Waals surface area contributed by atoms with Gasteiger partial charge in [0.15, 0.2) is 11.5 Å². The second kappa shape index (κ2) is 6.89. The molecular weight excluding hydrogens is 428 g/mol. The predicted molar refractivity (Wildman–Crippen MR) is 116 cm³/mol. The molecule has 2 aliphatic carbocycles. The maximum absolute atomic E-state index is 13.2. The number of nitrogens with one attached hydrogen (secondary N) is 1. The van der Waals surface area contributed by atoms with Crippen LogP contribution in [-0.4, -0.2) is 43.1 Å². The summed E-state index contributed by atoms with van der Waals surface area (Å²) in [5.41, 5.74) is 2.80. The SMILES string of the molecule is O=C1c2c(Cl)cccc2-n2cnc(-c3nc(CNC(C4CC4)C4CC4)no3)c2[C@@H]2CCN12. The van der Waals surface area contributed by atoms with Gasteiger partial charge in [-0.05, 0) is 56.1 Å². The van der Waals surface area contributed by atoms with E-state index in [2.05, 4.69) is 20.4 Å². The molecule has 32 heavy (non-hydrogen) atoms. The molecule has 2 aromatic heterocycles. The van der Waals surface area contributed by atoms with Gasteiger partial charge in [0.1, 0.15) is 6.33 Å². The van der Waals surface area contributed by atoms with Gasteiger partial charge in [-0.2, -0.15) is 4.98 Å². The normalized spacial score (nSPS) is 21.8. The summed E-state index contributed by atoms with van der Waals surface area (Å²) in [7, 11) is 0. The molecule has 0 spiro atoms. The molecule has 8 nitrogen and oxygen atoms in total. The summed E-state index contributed by atoms with van der Waals surface area (Å²) in [6, 6.07) is 6.01. The minimum absolute atomic E-state index is 0.0434. The van der Waals surface area contributed by atoms with Crippen molar-refractivity contribution in [2.45, 2.75) is 50.7 Å². The lowest BCUT2D eigenvalue weighted by atomic mass is 9.97. The Morgan fingerprint density at radius 2 is 2.00 bits per heavy atom. The third-order valence-corrected chi connectivity index (χ3v) is 7.61. The van der Waals surface area contributed by atoms with Crippen molar-refractivity contribution in [2.75, 3.05) is 6.54 Å². The number of carbonyl (C=O) groups is 1. The van der Waals surface area contributed by atoms with Gasteiger partial charge in [-0.3, -0.25) is 9.36 Å². The van der Waals surface area contributed by atoms with Gasteiger partial charge in [-0.25, -0.2) is 4.98 Å². The van der Waals surface area contributed by atoms with E-state index >= 15 is 0 Å². The van der Waals surface area contributed by atoms with Crippen LogP contribution in [0, 0.1) is 11.8 Å². The number of hydrogen-bond donors (Lipinski definition) is 1. The molecule has 0 unspecified atom stereocenters. The van der Waals surface area contributed by atoms with Crippen LogP contribution in [-0.2, 0) is 6.54 Å². The Balaban J connectivity index is 1.22. The molecule has 2 saturated carbocycles. The van der Waals surface area contributed by atoms with Gasteiger partial charge in [0.25, 0.3) is 11.8 Å². The lowest BCUT2D eigenvalue weighted by molar-refractivity contribution is 0.0461. The zero-order valence-electron chi connectivity index (χ0n) is 17.5. The Hall–Kier alpha value is -2.71. The number of aromatic nitrogens is 4. The van der Waals surface area contributed by atoms with E-state index in [1.807, 2.05) is 21.6 Å². The van der Waals surface area contributed by atoms with Gasteiger partial charge in [-0.1, -0.05) is 22.8 Å². The first kappa shape index (κ1) is 18.8. The van der Waals surface area contributed by atoms with Crippen LogP contribution in [0.1, 0.15) is 60.0 Å². The van der Waals surface area contributed by atoms with Crippen LogP contribution < -0.4 is 5.32 Å². The molecule has 2 aliphatic heterocycles. The average Bonchev–Trinajstić information content (AvgIpc) is 3.68. The van der Waals surface area contributed by atoms with Crippen molar-refractivity contribution in [1.29, 1.82) is 0 Å². The minimum atomic E-state index is -0.0777. The van der Waals surface area contributed by atoms with E-state index in [9.17, 15) is 4.79 Å². The van der Waals surface area contributed by atoms with Crippen molar-refractivity contribution in [2.24, 2.45) is 11.8 Å². The molecule has 0 radical (unpaired) electrons. The highest BCUT2D eigenvalue weighted by atomic mass is 35.5. The summed E-state index contributed by atoms with van der Waals surface area (Å²) >= 11 is 6.42. The van der Waals surface area contributed by atoms with Gasteiger partial charge >= 0.3 is 0 Å². The third-order valence-electron chi connectivity index (χ3n) is 7.29. The number of amides is 1. The zero-order valence-corrected chi connectivity index (χ0v) is 18.3.